The van der Waals surface area contributed by atoms with Gasteiger partial charge in [0.1, 0.15) is 16.5 Å². The van der Waals surface area contributed by atoms with Gasteiger partial charge in [-0.25, -0.2) is 4.98 Å². The zero-order chi connectivity index (χ0) is 12.4. The Labute approximate surface area is 119 Å². The average molecular weight is 380 g/mol. The van der Waals surface area contributed by atoms with Gasteiger partial charge in [-0.15, -0.1) is 0 Å². The van der Waals surface area contributed by atoms with Crippen LogP contribution in [0.5, 0.6) is 16.7 Å². The van der Waals surface area contributed by atoms with Crippen LogP contribution in [-0.2, 0) is 0 Å². The Morgan fingerprint density at radius 2 is 1.88 bits per heavy atom. The summed E-state index contributed by atoms with van der Waals surface area (Å²) in [4.78, 5) is 4.03. The van der Waals surface area contributed by atoms with Gasteiger partial charge in [0, 0.05) is 6.07 Å². The largest absolute Gasteiger partial charge is 0.496 e. The van der Waals surface area contributed by atoms with Gasteiger partial charge in [0.25, 0.3) is 5.19 Å². The number of ether oxygens (including phenoxy) is 2. The molecule has 0 saturated carbocycles. The zero-order valence-electron chi connectivity index (χ0n) is 8.74. The van der Waals surface area contributed by atoms with Crippen molar-refractivity contribution < 1.29 is 9.47 Å². The van der Waals surface area contributed by atoms with Gasteiger partial charge in [-0.1, -0.05) is 11.3 Å². The number of nitrogens with two attached hydrogens (primary N) is 1. The lowest BCUT2D eigenvalue weighted by Crippen LogP contribution is -1.88. The minimum atomic E-state index is 0.500. The molecule has 2 aromatic rings. The summed E-state index contributed by atoms with van der Waals surface area (Å²) < 4.78 is 12.4. The maximum atomic E-state index is 5.61. The lowest BCUT2D eigenvalue weighted by Gasteiger charge is -2.08. The number of hydrogen-bond acceptors (Lipinski definition) is 5. The molecule has 0 aliphatic carbocycles. The molecule has 2 rings (SSSR count). The normalized spacial score (nSPS) is 10.3. The first-order chi connectivity index (χ1) is 8.10. The van der Waals surface area contributed by atoms with Crippen LogP contribution in [0.1, 0.15) is 0 Å². The fourth-order valence-electron chi connectivity index (χ4n) is 1.16. The Kier molecular flexibility index (Phi) is 3.90. The van der Waals surface area contributed by atoms with Gasteiger partial charge in [-0.3, -0.25) is 0 Å². The number of anilines is 1. The topological polar surface area (TPSA) is 57.4 Å². The van der Waals surface area contributed by atoms with Crippen molar-refractivity contribution in [1.82, 2.24) is 4.98 Å². The second-order valence-electron chi connectivity index (χ2n) is 3.05. The minimum absolute atomic E-state index is 0.500. The number of hydrogen-bond donors (Lipinski definition) is 1. The number of nitrogen functional groups attached to an aromatic ring is 1. The summed E-state index contributed by atoms with van der Waals surface area (Å²) in [5.41, 5.74) is 5.58. The molecule has 0 atom stereocenters. The summed E-state index contributed by atoms with van der Waals surface area (Å²) >= 11 is 8.08. The molecule has 1 aromatic heterocycles. The molecule has 1 heterocycles. The van der Waals surface area contributed by atoms with Crippen molar-refractivity contribution in [3.8, 4) is 16.7 Å². The van der Waals surface area contributed by atoms with E-state index in [0.717, 1.165) is 14.7 Å². The fraction of sp³-hybridized carbons (Fsp3) is 0.100. The maximum absolute atomic E-state index is 5.61. The Morgan fingerprint density at radius 3 is 2.47 bits per heavy atom. The Balaban J connectivity index is 2.30. The van der Waals surface area contributed by atoms with Gasteiger partial charge in [0.05, 0.1) is 22.3 Å². The van der Waals surface area contributed by atoms with Gasteiger partial charge >= 0.3 is 0 Å². The Bertz CT molecular complexity index is 545. The summed E-state index contributed by atoms with van der Waals surface area (Å²) in [5.74, 6) is 1.37. The van der Waals surface area contributed by atoms with E-state index in [4.69, 9.17) is 15.2 Å². The van der Waals surface area contributed by atoms with E-state index >= 15 is 0 Å². The molecule has 4 nitrogen and oxygen atoms in total. The van der Waals surface area contributed by atoms with Crippen LogP contribution >= 0.6 is 43.2 Å². The van der Waals surface area contributed by atoms with Crippen molar-refractivity contribution in [2.24, 2.45) is 0 Å². The molecule has 0 fully saturated rings. The van der Waals surface area contributed by atoms with Crippen LogP contribution in [0.15, 0.2) is 27.3 Å². The molecule has 17 heavy (non-hydrogen) atoms. The monoisotopic (exact) mass is 378 g/mol. The number of rotatable bonds is 3. The quantitative estimate of drug-likeness (QED) is 0.873. The third-order valence-electron chi connectivity index (χ3n) is 1.91. The molecule has 90 valence electrons. The third kappa shape index (κ3) is 2.91. The standard InChI is InChI=1S/C10H8Br2N2O2S/c1-15-7-2-6(12)8(3-5(7)11)16-10-14-4-9(13)17-10/h2-4H,13H2,1H3. The highest BCUT2D eigenvalue weighted by Crippen LogP contribution is 2.39. The molecular formula is C10H8Br2N2O2S. The van der Waals surface area contributed by atoms with Crippen molar-refractivity contribution >= 4 is 48.2 Å². The second-order valence-corrected chi connectivity index (χ2v) is 5.78. The Hall–Kier alpha value is -0.790. The summed E-state index contributed by atoms with van der Waals surface area (Å²) in [6.07, 6.45) is 1.56. The molecular weight excluding hydrogens is 372 g/mol. The third-order valence-corrected chi connectivity index (χ3v) is 3.85. The highest BCUT2D eigenvalue weighted by molar-refractivity contribution is 9.11. The first-order valence-corrected chi connectivity index (χ1v) is 6.92. The van der Waals surface area contributed by atoms with Crippen molar-refractivity contribution in [2.45, 2.75) is 0 Å². The molecule has 0 spiro atoms. The molecule has 0 unspecified atom stereocenters. The van der Waals surface area contributed by atoms with Gasteiger partial charge in [0.15, 0.2) is 0 Å². The van der Waals surface area contributed by atoms with Crippen LogP contribution in [0.4, 0.5) is 5.00 Å². The van der Waals surface area contributed by atoms with Crippen LogP contribution in [0, 0.1) is 0 Å². The average Bonchev–Trinajstić information content (AvgIpc) is 2.69. The zero-order valence-corrected chi connectivity index (χ0v) is 12.7. The predicted octanol–water partition coefficient (Wildman–Crippen LogP) is 4.05. The number of nitrogens with zero attached hydrogens (tertiary/aromatic N) is 1. The summed E-state index contributed by atoms with van der Waals surface area (Å²) in [6, 6.07) is 3.62. The number of halogens is 2. The molecule has 0 amide bonds. The van der Waals surface area contributed by atoms with E-state index in [9.17, 15) is 0 Å². The van der Waals surface area contributed by atoms with E-state index in [1.54, 1.807) is 19.4 Å². The molecule has 1 aromatic carbocycles. The predicted molar refractivity (Wildman–Crippen MR) is 75.0 cm³/mol. The van der Waals surface area contributed by atoms with Gasteiger partial charge in [-0.2, -0.15) is 0 Å². The molecule has 7 heteroatoms. The van der Waals surface area contributed by atoms with Crippen molar-refractivity contribution in [2.75, 3.05) is 12.8 Å². The van der Waals surface area contributed by atoms with Crippen LogP contribution in [-0.4, -0.2) is 12.1 Å². The number of aromatic nitrogens is 1. The van der Waals surface area contributed by atoms with Gasteiger partial charge in [-0.05, 0) is 37.9 Å². The highest BCUT2D eigenvalue weighted by atomic mass is 79.9. The van der Waals surface area contributed by atoms with E-state index in [2.05, 4.69) is 36.8 Å². The lowest BCUT2D eigenvalue weighted by molar-refractivity contribution is 0.409. The number of benzene rings is 1. The second kappa shape index (κ2) is 5.24. The van der Waals surface area contributed by atoms with Crippen molar-refractivity contribution in [3.05, 3.63) is 27.3 Å². The van der Waals surface area contributed by atoms with E-state index in [1.807, 2.05) is 6.07 Å². The van der Waals surface area contributed by atoms with Crippen LogP contribution < -0.4 is 15.2 Å². The number of thiazole rings is 1. The maximum Gasteiger partial charge on any atom is 0.280 e. The lowest BCUT2D eigenvalue weighted by atomic mass is 10.3. The van der Waals surface area contributed by atoms with E-state index in [-0.39, 0.29) is 0 Å². The molecule has 0 aliphatic rings. The summed E-state index contributed by atoms with van der Waals surface area (Å²) in [7, 11) is 1.61. The fourth-order valence-corrected chi connectivity index (χ4v) is 2.59. The highest BCUT2D eigenvalue weighted by Gasteiger charge is 2.10. The van der Waals surface area contributed by atoms with Crippen molar-refractivity contribution in [3.63, 3.8) is 0 Å². The van der Waals surface area contributed by atoms with E-state index in [0.29, 0.717) is 15.9 Å². The molecule has 0 radical (unpaired) electrons. The molecule has 2 N–H and O–H groups in total. The van der Waals surface area contributed by atoms with Gasteiger partial charge in [0.2, 0.25) is 0 Å². The summed E-state index contributed by atoms with van der Waals surface area (Å²) in [5, 5.41) is 1.11. The van der Waals surface area contributed by atoms with Crippen LogP contribution in [0.2, 0.25) is 0 Å². The first kappa shape index (κ1) is 12.7. The van der Waals surface area contributed by atoms with Crippen LogP contribution in [0.25, 0.3) is 0 Å². The Morgan fingerprint density at radius 1 is 1.24 bits per heavy atom. The molecule has 0 aliphatic heterocycles. The smallest absolute Gasteiger partial charge is 0.280 e. The van der Waals surface area contributed by atoms with Crippen LogP contribution in [0.3, 0.4) is 0 Å². The van der Waals surface area contributed by atoms with E-state index in [1.165, 1.54) is 11.3 Å². The first-order valence-electron chi connectivity index (χ1n) is 4.52. The number of methoxy groups -OCH3 is 1. The minimum Gasteiger partial charge on any atom is -0.496 e. The van der Waals surface area contributed by atoms with Crippen molar-refractivity contribution in [1.29, 1.82) is 0 Å². The van der Waals surface area contributed by atoms with Gasteiger partial charge < -0.3 is 15.2 Å². The SMILES string of the molecule is COc1cc(Br)c(Oc2ncc(N)s2)cc1Br. The molecule has 0 bridgehead atoms. The molecule has 0 saturated heterocycles. The van der Waals surface area contributed by atoms with E-state index < -0.39 is 0 Å². The summed E-state index contributed by atoms with van der Waals surface area (Å²) in [6.45, 7) is 0.